The molecule has 4 aromatic rings. The van der Waals surface area contributed by atoms with Gasteiger partial charge in [-0.15, -0.1) is 11.3 Å². The van der Waals surface area contributed by atoms with Gasteiger partial charge in [0, 0.05) is 0 Å². The predicted octanol–water partition coefficient (Wildman–Crippen LogP) is 5.05. The van der Waals surface area contributed by atoms with Crippen LogP contribution in [-0.4, -0.2) is 24.2 Å². The van der Waals surface area contributed by atoms with E-state index in [4.69, 9.17) is 4.74 Å². The van der Waals surface area contributed by atoms with E-state index in [9.17, 15) is 4.79 Å². The zero-order valence-electron chi connectivity index (χ0n) is 14.4. The van der Waals surface area contributed by atoms with Gasteiger partial charge in [-0.1, -0.05) is 47.7 Å². The zero-order chi connectivity index (χ0) is 18.6. The quantitative estimate of drug-likeness (QED) is 0.352. The van der Waals surface area contributed by atoms with Crippen LogP contribution in [0.1, 0.15) is 15.2 Å². The Morgan fingerprint density at radius 1 is 1.15 bits per heavy atom. The zero-order valence-corrected chi connectivity index (χ0v) is 16.0. The fraction of sp³-hybridized carbons (Fsp3) is 0.0500. The Morgan fingerprint density at radius 3 is 2.74 bits per heavy atom. The summed E-state index contributed by atoms with van der Waals surface area (Å²) < 4.78 is 6.21. The molecule has 4 rings (SSSR count). The SMILES string of the molecule is COc1ccc2nc(N(/N=C\c3ccccc3)C(=O)c3cccs3)sc2c1. The van der Waals surface area contributed by atoms with Gasteiger partial charge < -0.3 is 4.74 Å². The van der Waals surface area contributed by atoms with Crippen molar-refractivity contribution in [2.24, 2.45) is 5.10 Å². The Morgan fingerprint density at radius 2 is 2.00 bits per heavy atom. The normalized spacial score (nSPS) is 11.1. The molecule has 0 aliphatic rings. The van der Waals surface area contributed by atoms with E-state index in [0.29, 0.717) is 10.0 Å². The van der Waals surface area contributed by atoms with Crippen molar-refractivity contribution in [3.05, 3.63) is 76.5 Å². The molecule has 0 aliphatic carbocycles. The number of hydrazone groups is 1. The number of ether oxygens (including phenoxy) is 1. The number of benzene rings is 2. The summed E-state index contributed by atoms with van der Waals surface area (Å²) in [6, 6.07) is 18.9. The number of hydrogen-bond donors (Lipinski definition) is 0. The van der Waals surface area contributed by atoms with E-state index >= 15 is 0 Å². The third kappa shape index (κ3) is 3.74. The minimum absolute atomic E-state index is 0.205. The van der Waals surface area contributed by atoms with Crippen molar-refractivity contribution < 1.29 is 9.53 Å². The Bertz CT molecular complexity index is 1090. The number of aromatic nitrogens is 1. The molecule has 0 radical (unpaired) electrons. The van der Waals surface area contributed by atoms with Crippen molar-refractivity contribution >= 4 is 50.1 Å². The number of hydrogen-bond acceptors (Lipinski definition) is 6. The van der Waals surface area contributed by atoms with Crippen LogP contribution in [0.5, 0.6) is 5.75 Å². The number of thiazole rings is 1. The van der Waals surface area contributed by atoms with Crippen molar-refractivity contribution in [3.63, 3.8) is 0 Å². The molecule has 0 atom stereocenters. The number of carbonyl (C=O) groups excluding carboxylic acids is 1. The largest absolute Gasteiger partial charge is 0.497 e. The van der Waals surface area contributed by atoms with E-state index in [1.807, 2.05) is 60.0 Å². The Kier molecular flexibility index (Phi) is 4.95. The highest BCUT2D eigenvalue weighted by molar-refractivity contribution is 7.22. The second-order valence-corrected chi connectivity index (χ2v) is 7.54. The summed E-state index contributed by atoms with van der Waals surface area (Å²) >= 11 is 2.78. The van der Waals surface area contributed by atoms with Gasteiger partial charge in [-0.3, -0.25) is 4.79 Å². The van der Waals surface area contributed by atoms with Crippen LogP contribution in [0.3, 0.4) is 0 Å². The van der Waals surface area contributed by atoms with Crippen LogP contribution in [0.15, 0.2) is 71.1 Å². The summed E-state index contributed by atoms with van der Waals surface area (Å²) in [6.45, 7) is 0. The lowest BCUT2D eigenvalue weighted by atomic mass is 10.2. The molecule has 7 heteroatoms. The first-order valence-corrected chi connectivity index (χ1v) is 9.86. The lowest BCUT2D eigenvalue weighted by Gasteiger charge is -2.12. The van der Waals surface area contributed by atoms with Gasteiger partial charge in [0.1, 0.15) is 5.75 Å². The molecule has 0 saturated heterocycles. The first-order valence-electron chi connectivity index (χ1n) is 8.16. The van der Waals surface area contributed by atoms with Gasteiger partial charge in [0.25, 0.3) is 5.91 Å². The van der Waals surface area contributed by atoms with Gasteiger partial charge in [-0.05, 0) is 35.2 Å². The lowest BCUT2D eigenvalue weighted by Crippen LogP contribution is -2.24. The molecular formula is C20H15N3O2S2. The molecule has 2 aromatic carbocycles. The van der Waals surface area contributed by atoms with Crippen molar-refractivity contribution in [2.75, 3.05) is 12.1 Å². The first kappa shape index (κ1) is 17.4. The fourth-order valence-electron chi connectivity index (χ4n) is 2.47. The van der Waals surface area contributed by atoms with Crippen LogP contribution in [0.2, 0.25) is 0 Å². The number of methoxy groups -OCH3 is 1. The van der Waals surface area contributed by atoms with Gasteiger partial charge in [0.05, 0.1) is 28.4 Å². The maximum atomic E-state index is 13.0. The number of nitrogens with zero attached hydrogens (tertiary/aromatic N) is 3. The minimum Gasteiger partial charge on any atom is -0.497 e. The maximum Gasteiger partial charge on any atom is 0.290 e. The average molecular weight is 393 g/mol. The summed E-state index contributed by atoms with van der Waals surface area (Å²) in [5, 5.41) is 8.19. The highest BCUT2D eigenvalue weighted by atomic mass is 32.1. The number of thiophene rings is 1. The molecule has 0 N–H and O–H groups in total. The first-order chi connectivity index (χ1) is 13.2. The minimum atomic E-state index is -0.205. The van der Waals surface area contributed by atoms with Crippen molar-refractivity contribution in [1.82, 2.24) is 4.98 Å². The third-order valence-corrected chi connectivity index (χ3v) is 5.66. The predicted molar refractivity (Wildman–Crippen MR) is 111 cm³/mol. The van der Waals surface area contributed by atoms with Crippen molar-refractivity contribution in [2.45, 2.75) is 0 Å². The number of fused-ring (bicyclic) bond motifs is 1. The monoisotopic (exact) mass is 393 g/mol. The van der Waals surface area contributed by atoms with E-state index < -0.39 is 0 Å². The van der Waals surface area contributed by atoms with Crippen LogP contribution in [0, 0.1) is 0 Å². The molecule has 5 nitrogen and oxygen atoms in total. The molecule has 2 aromatic heterocycles. The lowest BCUT2D eigenvalue weighted by molar-refractivity contribution is 0.0991. The number of carbonyl (C=O) groups is 1. The number of anilines is 1. The summed E-state index contributed by atoms with van der Waals surface area (Å²) in [5.74, 6) is 0.546. The van der Waals surface area contributed by atoms with Crippen LogP contribution >= 0.6 is 22.7 Å². The van der Waals surface area contributed by atoms with E-state index in [1.165, 1.54) is 27.7 Å². The highest BCUT2D eigenvalue weighted by Crippen LogP contribution is 2.32. The van der Waals surface area contributed by atoms with Crippen LogP contribution < -0.4 is 9.75 Å². The van der Waals surface area contributed by atoms with Gasteiger partial charge in [-0.2, -0.15) is 10.1 Å². The second kappa shape index (κ2) is 7.69. The van der Waals surface area contributed by atoms with Crippen LogP contribution in [0.25, 0.3) is 10.2 Å². The second-order valence-electron chi connectivity index (χ2n) is 5.58. The molecule has 0 saturated carbocycles. The Hall–Kier alpha value is -3.03. The van der Waals surface area contributed by atoms with E-state index in [0.717, 1.165) is 21.5 Å². The molecule has 0 aliphatic heterocycles. The topological polar surface area (TPSA) is 54.8 Å². The van der Waals surface area contributed by atoms with Gasteiger partial charge >= 0.3 is 0 Å². The maximum absolute atomic E-state index is 13.0. The molecular weight excluding hydrogens is 378 g/mol. The molecule has 0 fully saturated rings. The molecule has 2 heterocycles. The Balaban J connectivity index is 1.75. The third-order valence-electron chi connectivity index (χ3n) is 3.81. The highest BCUT2D eigenvalue weighted by Gasteiger charge is 2.21. The molecule has 134 valence electrons. The van der Waals surface area contributed by atoms with E-state index in [1.54, 1.807) is 19.4 Å². The van der Waals surface area contributed by atoms with Crippen molar-refractivity contribution in [3.8, 4) is 5.75 Å². The average Bonchev–Trinajstić information content (AvgIpc) is 3.38. The van der Waals surface area contributed by atoms with E-state index in [2.05, 4.69) is 10.1 Å². The molecule has 0 bridgehead atoms. The smallest absolute Gasteiger partial charge is 0.290 e. The van der Waals surface area contributed by atoms with Gasteiger partial charge in [-0.25, -0.2) is 4.98 Å². The molecule has 0 spiro atoms. The summed E-state index contributed by atoms with van der Waals surface area (Å²) in [5.41, 5.74) is 1.71. The number of amides is 1. The van der Waals surface area contributed by atoms with Gasteiger partial charge in [0.15, 0.2) is 0 Å². The summed E-state index contributed by atoms with van der Waals surface area (Å²) in [4.78, 5) is 18.2. The Labute approximate surface area is 164 Å². The molecule has 0 unspecified atom stereocenters. The summed E-state index contributed by atoms with van der Waals surface area (Å²) in [7, 11) is 1.62. The van der Waals surface area contributed by atoms with Crippen LogP contribution in [-0.2, 0) is 0 Å². The van der Waals surface area contributed by atoms with Crippen LogP contribution in [0.4, 0.5) is 5.13 Å². The summed E-state index contributed by atoms with van der Waals surface area (Å²) in [6.07, 6.45) is 1.66. The molecule has 27 heavy (non-hydrogen) atoms. The van der Waals surface area contributed by atoms with E-state index in [-0.39, 0.29) is 5.91 Å². The standard InChI is InChI=1S/C20H15N3O2S2/c1-25-15-9-10-16-18(12-15)27-20(22-16)23(19(24)17-8-5-11-26-17)21-13-14-6-3-2-4-7-14/h2-13H,1H3/b21-13-. The number of rotatable bonds is 5. The molecule has 1 amide bonds. The van der Waals surface area contributed by atoms with Crippen molar-refractivity contribution in [1.29, 1.82) is 0 Å². The fourth-order valence-corrected chi connectivity index (χ4v) is 4.07. The van der Waals surface area contributed by atoms with Gasteiger partial charge in [0.2, 0.25) is 5.13 Å².